The second-order valence-corrected chi connectivity index (χ2v) is 7.09. The highest BCUT2D eigenvalue weighted by Gasteiger charge is 2.11. The fourth-order valence-corrected chi connectivity index (χ4v) is 3.08. The Labute approximate surface area is 160 Å². The molecule has 0 spiro atoms. The van der Waals surface area contributed by atoms with E-state index in [0.717, 1.165) is 28.7 Å². The molecule has 0 unspecified atom stereocenters. The topological polar surface area (TPSA) is 58.6 Å². The number of carbonyl (C=O) groups excluding carboxylic acids is 1. The molecule has 0 aliphatic carbocycles. The number of phenols is 1. The number of alkyl halides is 1. The number of ether oxygens (including phenoxy) is 1. The third-order valence-corrected chi connectivity index (χ3v) is 4.55. The van der Waals surface area contributed by atoms with Crippen LogP contribution < -0.4 is 10.1 Å². The molecule has 0 heterocycles. The molecule has 1 amide bonds. The summed E-state index contributed by atoms with van der Waals surface area (Å²) in [5.41, 5.74) is 5.44. The zero-order valence-electron chi connectivity index (χ0n) is 16.4. The minimum Gasteiger partial charge on any atom is -0.508 e. The van der Waals surface area contributed by atoms with Crippen LogP contribution in [0.4, 0.5) is 4.39 Å². The normalized spacial score (nSPS) is 10.9. The maximum atomic E-state index is 12.1. The van der Waals surface area contributed by atoms with Crippen molar-refractivity contribution < 1.29 is 19.0 Å². The second-order valence-electron chi connectivity index (χ2n) is 7.09. The third-order valence-electron chi connectivity index (χ3n) is 4.55. The van der Waals surface area contributed by atoms with Crippen molar-refractivity contribution in [1.82, 2.24) is 5.32 Å². The summed E-state index contributed by atoms with van der Waals surface area (Å²) in [6.07, 6.45) is 0.759. The number of nitrogens with one attached hydrogen (secondary N) is 1. The van der Waals surface area contributed by atoms with Crippen molar-refractivity contribution in [2.75, 3.05) is 19.8 Å². The predicted octanol–water partition coefficient (Wildman–Crippen LogP) is 4.19. The summed E-state index contributed by atoms with van der Waals surface area (Å²) < 4.78 is 17.6. The molecule has 2 aromatic carbocycles. The van der Waals surface area contributed by atoms with Crippen LogP contribution in [0.3, 0.4) is 0 Å². The maximum Gasteiger partial charge on any atom is 0.258 e. The molecule has 0 fully saturated rings. The summed E-state index contributed by atoms with van der Waals surface area (Å²) >= 11 is 0. The Balaban J connectivity index is 2.13. The van der Waals surface area contributed by atoms with E-state index in [9.17, 15) is 14.3 Å². The van der Waals surface area contributed by atoms with E-state index in [1.165, 1.54) is 5.56 Å². The predicted molar refractivity (Wildman–Crippen MR) is 105 cm³/mol. The lowest BCUT2D eigenvalue weighted by Gasteiger charge is -2.15. The number of aromatic hydroxyl groups is 1. The van der Waals surface area contributed by atoms with Crippen molar-refractivity contribution in [3.63, 3.8) is 0 Å². The molecule has 5 heteroatoms. The van der Waals surface area contributed by atoms with Gasteiger partial charge in [-0.3, -0.25) is 4.79 Å². The number of rotatable bonds is 8. The second kappa shape index (κ2) is 9.40. The number of carbonyl (C=O) groups is 1. The number of phenolic OH excluding ortho intramolecular Hbond substituents is 1. The molecule has 0 saturated carbocycles. The lowest BCUT2D eigenvalue weighted by atomic mass is 9.93. The first-order valence-electron chi connectivity index (χ1n) is 9.19. The first-order valence-corrected chi connectivity index (χ1v) is 9.19. The highest BCUT2D eigenvalue weighted by atomic mass is 19.1. The smallest absolute Gasteiger partial charge is 0.258 e. The van der Waals surface area contributed by atoms with Crippen LogP contribution >= 0.6 is 0 Å². The number of hydrogen-bond acceptors (Lipinski definition) is 3. The van der Waals surface area contributed by atoms with Gasteiger partial charge < -0.3 is 15.2 Å². The third kappa shape index (κ3) is 5.71. The van der Waals surface area contributed by atoms with Crippen LogP contribution in [0.2, 0.25) is 0 Å². The highest BCUT2D eigenvalue weighted by molar-refractivity contribution is 5.77. The van der Waals surface area contributed by atoms with Gasteiger partial charge in [0.1, 0.15) is 18.2 Å². The molecule has 4 nitrogen and oxygen atoms in total. The average Bonchev–Trinajstić information content (AvgIpc) is 2.62. The molecule has 0 atom stereocenters. The first-order chi connectivity index (χ1) is 12.8. The van der Waals surface area contributed by atoms with Gasteiger partial charge in [-0.05, 0) is 72.2 Å². The van der Waals surface area contributed by atoms with Gasteiger partial charge in [0, 0.05) is 6.54 Å². The fraction of sp³-hybridized carbons (Fsp3) is 0.409. The molecule has 0 aliphatic heterocycles. The van der Waals surface area contributed by atoms with E-state index in [2.05, 4.69) is 25.2 Å². The van der Waals surface area contributed by atoms with Crippen LogP contribution in [-0.2, 0) is 11.2 Å². The summed E-state index contributed by atoms with van der Waals surface area (Å²) in [6.45, 7) is 7.44. The van der Waals surface area contributed by atoms with Crippen molar-refractivity contribution in [2.24, 2.45) is 0 Å². The van der Waals surface area contributed by atoms with Crippen LogP contribution in [0.15, 0.2) is 30.3 Å². The Bertz CT molecular complexity index is 779. The number of benzene rings is 2. The van der Waals surface area contributed by atoms with E-state index in [0.29, 0.717) is 11.5 Å². The molecule has 0 aromatic heterocycles. The number of aryl methyl sites for hydroxylation is 2. The maximum absolute atomic E-state index is 12.1. The Morgan fingerprint density at radius 2 is 1.85 bits per heavy atom. The minimum atomic E-state index is -0.589. The van der Waals surface area contributed by atoms with E-state index in [4.69, 9.17) is 4.74 Å². The van der Waals surface area contributed by atoms with Crippen molar-refractivity contribution >= 4 is 5.91 Å². The largest absolute Gasteiger partial charge is 0.508 e. The number of hydrogen-bond donors (Lipinski definition) is 2. The summed E-state index contributed by atoms with van der Waals surface area (Å²) in [4.78, 5) is 11.5. The van der Waals surface area contributed by atoms with Crippen LogP contribution in [0.1, 0.15) is 47.6 Å². The molecule has 2 aromatic rings. The van der Waals surface area contributed by atoms with Gasteiger partial charge in [-0.2, -0.15) is 0 Å². The van der Waals surface area contributed by atoms with Crippen molar-refractivity contribution in [1.29, 1.82) is 0 Å². The van der Waals surface area contributed by atoms with Gasteiger partial charge in [0.05, 0.1) is 0 Å². The van der Waals surface area contributed by atoms with Gasteiger partial charge in [0.2, 0.25) is 0 Å². The van der Waals surface area contributed by atoms with Crippen molar-refractivity contribution in [3.05, 3.63) is 58.1 Å². The van der Waals surface area contributed by atoms with E-state index in [-0.39, 0.29) is 25.0 Å². The Morgan fingerprint density at radius 1 is 1.19 bits per heavy atom. The molecule has 0 bridgehead atoms. The van der Waals surface area contributed by atoms with Crippen LogP contribution in [0.5, 0.6) is 11.5 Å². The Hall–Kier alpha value is -2.56. The number of halogens is 1. The van der Waals surface area contributed by atoms with Gasteiger partial charge in [-0.25, -0.2) is 4.39 Å². The van der Waals surface area contributed by atoms with Gasteiger partial charge in [0.25, 0.3) is 5.91 Å². The van der Waals surface area contributed by atoms with Crippen molar-refractivity contribution in [3.8, 4) is 11.5 Å². The van der Waals surface area contributed by atoms with Crippen LogP contribution in [0.25, 0.3) is 0 Å². The Morgan fingerprint density at radius 3 is 2.44 bits per heavy atom. The molecular weight excluding hydrogens is 345 g/mol. The van der Waals surface area contributed by atoms with E-state index in [1.807, 2.05) is 32.0 Å². The summed E-state index contributed by atoms with van der Waals surface area (Å²) in [5, 5.41) is 12.4. The quantitative estimate of drug-likeness (QED) is 0.729. The summed E-state index contributed by atoms with van der Waals surface area (Å²) in [5.74, 6) is 0.874. The van der Waals surface area contributed by atoms with Gasteiger partial charge in [0.15, 0.2) is 6.61 Å². The molecular formula is C22H28FNO3. The van der Waals surface area contributed by atoms with E-state index >= 15 is 0 Å². The Kier molecular flexibility index (Phi) is 7.22. The van der Waals surface area contributed by atoms with Gasteiger partial charge >= 0.3 is 0 Å². The molecule has 2 rings (SSSR count). The molecule has 0 radical (unpaired) electrons. The SMILES string of the molecule is Cc1cc(OCC(=O)NCCF)cc(C)c1Cc1ccc(O)c(C(C)C)c1. The average molecular weight is 373 g/mol. The summed E-state index contributed by atoms with van der Waals surface area (Å²) in [7, 11) is 0. The summed E-state index contributed by atoms with van der Waals surface area (Å²) in [6, 6.07) is 9.57. The van der Waals surface area contributed by atoms with E-state index < -0.39 is 6.67 Å². The zero-order valence-corrected chi connectivity index (χ0v) is 16.4. The minimum absolute atomic E-state index is 0.00415. The fourth-order valence-electron chi connectivity index (χ4n) is 3.08. The van der Waals surface area contributed by atoms with Gasteiger partial charge in [-0.15, -0.1) is 0 Å². The molecule has 27 heavy (non-hydrogen) atoms. The van der Waals surface area contributed by atoms with E-state index in [1.54, 1.807) is 6.07 Å². The lowest BCUT2D eigenvalue weighted by molar-refractivity contribution is -0.123. The monoisotopic (exact) mass is 373 g/mol. The number of amides is 1. The molecule has 0 aliphatic rings. The van der Waals surface area contributed by atoms with Crippen molar-refractivity contribution in [2.45, 2.75) is 40.0 Å². The van der Waals surface area contributed by atoms with Gasteiger partial charge in [-0.1, -0.05) is 26.0 Å². The van der Waals surface area contributed by atoms with Crippen LogP contribution in [0, 0.1) is 13.8 Å². The van der Waals surface area contributed by atoms with Crippen LogP contribution in [-0.4, -0.2) is 30.8 Å². The molecule has 146 valence electrons. The lowest BCUT2D eigenvalue weighted by Crippen LogP contribution is -2.30. The molecule has 2 N–H and O–H groups in total. The zero-order chi connectivity index (χ0) is 20.0. The first kappa shape index (κ1) is 20.7. The standard InChI is InChI=1S/C22H28FNO3/c1-14(2)19-11-17(5-6-21(19)25)12-20-15(3)9-18(10-16(20)4)27-13-22(26)24-8-7-23/h5-6,9-11,14,25H,7-8,12-13H2,1-4H3,(H,24,26). The highest BCUT2D eigenvalue weighted by Crippen LogP contribution is 2.29. The molecule has 0 saturated heterocycles.